The molecule has 0 aliphatic heterocycles. The minimum Gasteiger partial charge on any atom is -0.462 e. The maximum atomic E-state index is 12.8. The number of esters is 2. The summed E-state index contributed by atoms with van der Waals surface area (Å²) in [5.74, 6) is -0.811. The highest BCUT2D eigenvalue weighted by Crippen LogP contribution is 2.43. The van der Waals surface area contributed by atoms with Crippen LogP contribution in [0.25, 0.3) is 0 Å². The van der Waals surface area contributed by atoms with Gasteiger partial charge in [-0.1, -0.05) is 209 Å². The van der Waals surface area contributed by atoms with E-state index in [2.05, 4.69) is 74.6 Å². The molecule has 0 amide bonds. The third kappa shape index (κ3) is 53.1. The molecule has 0 aromatic heterocycles. The smallest absolute Gasteiger partial charge is 0.462 e. The Balaban J connectivity index is 4.14. The van der Waals surface area contributed by atoms with Crippen molar-refractivity contribution in [2.45, 2.75) is 251 Å². The zero-order valence-electron chi connectivity index (χ0n) is 44.8. The number of carbonyl (C=O) groups excluding carboxylic acids is 2. The lowest BCUT2D eigenvalue weighted by atomic mass is 10.0. The van der Waals surface area contributed by atoms with Gasteiger partial charge in [-0.2, -0.15) is 0 Å². The Kier molecular flexibility index (Phi) is 48.0. The van der Waals surface area contributed by atoms with Crippen LogP contribution in [0, 0.1) is 0 Å². The van der Waals surface area contributed by atoms with Crippen LogP contribution in [-0.2, 0) is 32.7 Å². The first-order valence-electron chi connectivity index (χ1n) is 28.0. The fourth-order valence-electron chi connectivity index (χ4n) is 7.64. The highest BCUT2D eigenvalue weighted by Gasteiger charge is 2.27. The number of quaternary nitrogens is 1. The standard InChI is InChI=1S/C58H106NO8P/c1-6-8-10-12-14-16-18-20-22-23-24-25-26-27-28-29-30-31-32-33-34-35-37-39-41-43-45-47-49-51-58(61)67-56(55-66-68(62,63)65-53-52-59(3,4)5)54-64-57(60)50-48-46-44-42-40-38-36-21-19-17-15-13-11-9-7-2/h15,17-18,20-21,23-24,26-27,36,56H,6-14,16,19,22,25,28-35,37-55H2,1-5H3/p+1/b17-15-,20-18-,24-23-,27-26-,36-21-. The number of likely N-dealkylation sites (N-methyl/N-ethyl adjacent to an activating group) is 1. The first kappa shape index (κ1) is 65.7. The molecule has 396 valence electrons. The van der Waals surface area contributed by atoms with Gasteiger partial charge >= 0.3 is 19.8 Å². The van der Waals surface area contributed by atoms with Gasteiger partial charge in [-0.15, -0.1) is 0 Å². The van der Waals surface area contributed by atoms with E-state index in [1.807, 2.05) is 21.1 Å². The Labute approximate surface area is 419 Å². The number of hydrogen-bond donors (Lipinski definition) is 1. The van der Waals surface area contributed by atoms with Crippen LogP contribution in [0.15, 0.2) is 60.8 Å². The quantitative estimate of drug-likeness (QED) is 0.0211. The Hall–Kier alpha value is -2.29. The summed E-state index contributed by atoms with van der Waals surface area (Å²) in [6, 6.07) is 0. The van der Waals surface area contributed by atoms with Crippen molar-refractivity contribution in [3.63, 3.8) is 0 Å². The molecule has 0 aliphatic carbocycles. The first-order chi connectivity index (χ1) is 33.0. The molecule has 2 atom stereocenters. The minimum absolute atomic E-state index is 0.0279. The number of phosphoric ester groups is 1. The number of ether oxygens (including phenoxy) is 2. The summed E-state index contributed by atoms with van der Waals surface area (Å²) >= 11 is 0. The van der Waals surface area contributed by atoms with Crippen LogP contribution in [-0.4, -0.2) is 74.9 Å². The molecule has 0 radical (unpaired) electrons. The van der Waals surface area contributed by atoms with Gasteiger partial charge in [0.2, 0.25) is 0 Å². The third-order valence-electron chi connectivity index (χ3n) is 12.0. The molecule has 0 saturated carbocycles. The van der Waals surface area contributed by atoms with Crippen molar-refractivity contribution in [1.29, 1.82) is 0 Å². The molecule has 0 fully saturated rings. The van der Waals surface area contributed by atoms with Crippen molar-refractivity contribution in [3.8, 4) is 0 Å². The molecule has 0 aromatic carbocycles. The van der Waals surface area contributed by atoms with Gasteiger partial charge in [0.25, 0.3) is 0 Å². The van der Waals surface area contributed by atoms with Crippen molar-refractivity contribution < 1.29 is 42.1 Å². The average Bonchev–Trinajstić information content (AvgIpc) is 3.30. The summed E-state index contributed by atoms with van der Waals surface area (Å²) in [6.07, 6.45) is 62.8. The summed E-state index contributed by atoms with van der Waals surface area (Å²) in [5, 5.41) is 0. The zero-order valence-corrected chi connectivity index (χ0v) is 45.7. The van der Waals surface area contributed by atoms with Gasteiger partial charge in [-0.05, 0) is 83.5 Å². The van der Waals surface area contributed by atoms with Crippen molar-refractivity contribution in [2.24, 2.45) is 0 Å². The summed E-state index contributed by atoms with van der Waals surface area (Å²) in [6.45, 7) is 4.39. The normalized spacial score (nSPS) is 13.8. The zero-order chi connectivity index (χ0) is 49.9. The molecule has 0 aromatic rings. The van der Waals surface area contributed by atoms with Gasteiger partial charge in [0.15, 0.2) is 6.10 Å². The predicted octanol–water partition coefficient (Wildman–Crippen LogP) is 17.1. The van der Waals surface area contributed by atoms with Gasteiger partial charge in [0.05, 0.1) is 27.7 Å². The molecule has 10 heteroatoms. The molecule has 0 rings (SSSR count). The third-order valence-corrected chi connectivity index (χ3v) is 13.0. The Bertz CT molecular complexity index is 1340. The molecule has 0 spiro atoms. The first-order valence-corrected chi connectivity index (χ1v) is 29.5. The summed E-state index contributed by atoms with van der Waals surface area (Å²) in [5.41, 5.74) is 0. The van der Waals surface area contributed by atoms with Crippen LogP contribution in [0.5, 0.6) is 0 Å². The molecule has 0 bridgehead atoms. The van der Waals surface area contributed by atoms with Crippen molar-refractivity contribution in [1.82, 2.24) is 0 Å². The van der Waals surface area contributed by atoms with E-state index in [0.717, 1.165) is 77.0 Å². The van der Waals surface area contributed by atoms with E-state index >= 15 is 0 Å². The van der Waals surface area contributed by atoms with Crippen LogP contribution in [0.1, 0.15) is 245 Å². The molecule has 0 aliphatic rings. The molecule has 0 saturated heterocycles. The van der Waals surface area contributed by atoms with Gasteiger partial charge in [-0.25, -0.2) is 4.57 Å². The molecule has 9 nitrogen and oxygen atoms in total. The average molecular weight is 977 g/mol. The van der Waals surface area contributed by atoms with Crippen molar-refractivity contribution in [3.05, 3.63) is 60.8 Å². The molecule has 68 heavy (non-hydrogen) atoms. The number of carbonyl (C=O) groups is 2. The number of nitrogens with zero attached hydrogens (tertiary/aromatic N) is 1. The number of phosphoric acid groups is 1. The largest absolute Gasteiger partial charge is 0.472 e. The molecular formula is C58H107NO8P+. The second-order valence-electron chi connectivity index (χ2n) is 20.0. The lowest BCUT2D eigenvalue weighted by Crippen LogP contribution is -2.37. The maximum absolute atomic E-state index is 12.8. The molecule has 0 heterocycles. The van der Waals surface area contributed by atoms with Gasteiger partial charge in [0.1, 0.15) is 19.8 Å². The number of unbranched alkanes of at least 4 members (excludes halogenated alkanes) is 27. The monoisotopic (exact) mass is 977 g/mol. The van der Waals surface area contributed by atoms with Crippen LogP contribution in [0.3, 0.4) is 0 Å². The van der Waals surface area contributed by atoms with E-state index in [4.69, 9.17) is 18.5 Å². The Morgan fingerprint density at radius 3 is 1.21 bits per heavy atom. The van der Waals surface area contributed by atoms with E-state index in [9.17, 15) is 19.0 Å². The SMILES string of the molecule is CCCCC/C=C\C/C=C\CCCCCCCC(=O)OCC(COP(=O)(O)OCC[N+](C)(C)C)OC(=O)CCCCCCCCCCCCCCCC/C=C\C/C=C\C/C=C\CCCCCCC. The molecular weight excluding hydrogens is 870 g/mol. The number of hydrogen-bond acceptors (Lipinski definition) is 7. The maximum Gasteiger partial charge on any atom is 0.472 e. The van der Waals surface area contributed by atoms with E-state index in [1.165, 1.54) is 135 Å². The van der Waals surface area contributed by atoms with Gasteiger partial charge < -0.3 is 18.9 Å². The highest BCUT2D eigenvalue weighted by atomic mass is 31.2. The van der Waals surface area contributed by atoms with Gasteiger partial charge in [0, 0.05) is 12.8 Å². The minimum atomic E-state index is -4.39. The highest BCUT2D eigenvalue weighted by molar-refractivity contribution is 7.47. The fourth-order valence-corrected chi connectivity index (χ4v) is 8.38. The fraction of sp³-hybridized carbons (Fsp3) is 0.793. The van der Waals surface area contributed by atoms with E-state index < -0.39 is 26.5 Å². The Morgan fingerprint density at radius 1 is 0.456 bits per heavy atom. The van der Waals surface area contributed by atoms with Crippen LogP contribution in [0.2, 0.25) is 0 Å². The number of allylic oxidation sites excluding steroid dienone is 10. The summed E-state index contributed by atoms with van der Waals surface area (Å²) in [4.78, 5) is 35.6. The number of rotatable bonds is 51. The summed E-state index contributed by atoms with van der Waals surface area (Å²) < 4.78 is 34.5. The van der Waals surface area contributed by atoms with E-state index in [0.29, 0.717) is 17.4 Å². The molecule has 1 N–H and O–H groups in total. The van der Waals surface area contributed by atoms with Crippen molar-refractivity contribution >= 4 is 19.8 Å². The van der Waals surface area contributed by atoms with Crippen molar-refractivity contribution in [2.75, 3.05) is 47.5 Å². The van der Waals surface area contributed by atoms with Gasteiger partial charge in [-0.3, -0.25) is 18.6 Å². The van der Waals surface area contributed by atoms with Crippen LogP contribution < -0.4 is 0 Å². The van der Waals surface area contributed by atoms with E-state index in [-0.39, 0.29) is 32.0 Å². The van der Waals surface area contributed by atoms with E-state index in [1.54, 1.807) is 0 Å². The predicted molar refractivity (Wildman–Crippen MR) is 289 cm³/mol. The Morgan fingerprint density at radius 2 is 0.794 bits per heavy atom. The lowest BCUT2D eigenvalue weighted by molar-refractivity contribution is -0.870. The summed E-state index contributed by atoms with van der Waals surface area (Å²) in [7, 11) is 1.47. The van der Waals surface area contributed by atoms with Crippen LogP contribution >= 0.6 is 7.82 Å². The second-order valence-corrected chi connectivity index (χ2v) is 21.4. The molecule has 2 unspecified atom stereocenters. The van der Waals surface area contributed by atoms with Crippen LogP contribution in [0.4, 0.5) is 0 Å². The topological polar surface area (TPSA) is 108 Å². The second kappa shape index (κ2) is 49.7. The lowest BCUT2D eigenvalue weighted by Gasteiger charge is -2.24.